The molecule has 0 spiro atoms. The molecule has 2 nitrogen and oxygen atoms in total. The Labute approximate surface area is 97.5 Å². The molecule has 1 fully saturated rings. The molecule has 1 saturated carbocycles. The predicted octanol–water partition coefficient (Wildman–Crippen LogP) is 2.64. The molecule has 3 N–H and O–H groups in total. The van der Waals surface area contributed by atoms with Crippen molar-refractivity contribution in [1.82, 2.24) is 0 Å². The molecule has 88 valence electrons. The van der Waals surface area contributed by atoms with Gasteiger partial charge in [-0.2, -0.15) is 0 Å². The third-order valence-electron chi connectivity index (χ3n) is 3.64. The Hall–Kier alpha value is -0.860. The zero-order valence-corrected chi connectivity index (χ0v) is 10.3. The van der Waals surface area contributed by atoms with Crippen LogP contribution in [0.4, 0.5) is 0 Å². The molecule has 1 aromatic carbocycles. The van der Waals surface area contributed by atoms with Crippen molar-refractivity contribution in [2.75, 3.05) is 0 Å². The lowest BCUT2D eigenvalue weighted by molar-refractivity contribution is 0.135. The molecular weight excluding hydrogens is 198 g/mol. The van der Waals surface area contributed by atoms with Gasteiger partial charge >= 0.3 is 0 Å². The number of aryl methyl sites for hydroxylation is 1. The van der Waals surface area contributed by atoms with Crippen LogP contribution in [0, 0.1) is 6.92 Å². The van der Waals surface area contributed by atoms with Crippen LogP contribution in [0.2, 0.25) is 0 Å². The van der Waals surface area contributed by atoms with Gasteiger partial charge in [0.05, 0.1) is 6.10 Å². The molecule has 0 saturated heterocycles. The van der Waals surface area contributed by atoms with Crippen molar-refractivity contribution in [3.8, 4) is 0 Å². The van der Waals surface area contributed by atoms with Crippen LogP contribution < -0.4 is 5.73 Å². The van der Waals surface area contributed by atoms with Crippen molar-refractivity contribution < 1.29 is 5.11 Å². The van der Waals surface area contributed by atoms with E-state index in [4.69, 9.17) is 5.73 Å². The van der Waals surface area contributed by atoms with E-state index in [0.29, 0.717) is 5.92 Å². The third-order valence-corrected chi connectivity index (χ3v) is 3.64. The SMILES string of the molecule is Cc1ccc(C(C)C)cc1C(O)C1(N)CC1. The van der Waals surface area contributed by atoms with Gasteiger partial charge in [-0.25, -0.2) is 0 Å². The number of nitrogens with two attached hydrogens (primary N) is 1. The second-order valence-electron chi connectivity index (χ2n) is 5.41. The fraction of sp³-hybridized carbons (Fsp3) is 0.571. The maximum absolute atomic E-state index is 10.3. The largest absolute Gasteiger partial charge is 0.386 e. The number of hydrogen-bond donors (Lipinski definition) is 2. The summed E-state index contributed by atoms with van der Waals surface area (Å²) in [6.07, 6.45) is 1.35. The van der Waals surface area contributed by atoms with E-state index in [1.807, 2.05) is 6.92 Å². The number of hydrogen-bond acceptors (Lipinski definition) is 2. The second kappa shape index (κ2) is 3.86. The first-order chi connectivity index (χ1) is 7.44. The summed E-state index contributed by atoms with van der Waals surface area (Å²) < 4.78 is 0. The molecule has 2 rings (SSSR count). The highest BCUT2D eigenvalue weighted by atomic mass is 16.3. The van der Waals surface area contributed by atoms with Crippen LogP contribution in [0.5, 0.6) is 0 Å². The van der Waals surface area contributed by atoms with Crippen molar-refractivity contribution in [2.45, 2.75) is 51.2 Å². The fourth-order valence-electron chi connectivity index (χ4n) is 2.04. The monoisotopic (exact) mass is 219 g/mol. The number of benzene rings is 1. The van der Waals surface area contributed by atoms with Crippen molar-refractivity contribution in [3.05, 3.63) is 34.9 Å². The molecule has 0 amide bonds. The maximum atomic E-state index is 10.3. The molecule has 0 heterocycles. The highest BCUT2D eigenvalue weighted by Crippen LogP contribution is 2.44. The molecule has 1 aliphatic carbocycles. The summed E-state index contributed by atoms with van der Waals surface area (Å²) in [5.74, 6) is 0.486. The van der Waals surface area contributed by atoms with Crippen LogP contribution in [-0.4, -0.2) is 10.6 Å². The second-order valence-corrected chi connectivity index (χ2v) is 5.41. The lowest BCUT2D eigenvalue weighted by Gasteiger charge is -2.21. The minimum Gasteiger partial charge on any atom is -0.386 e. The first-order valence-electron chi connectivity index (χ1n) is 6.01. The zero-order chi connectivity index (χ0) is 11.9. The summed E-state index contributed by atoms with van der Waals surface area (Å²) >= 11 is 0. The minimum atomic E-state index is -0.508. The smallest absolute Gasteiger partial charge is 0.0972 e. The van der Waals surface area contributed by atoms with E-state index in [-0.39, 0.29) is 5.54 Å². The predicted molar refractivity (Wildman–Crippen MR) is 66.4 cm³/mol. The van der Waals surface area contributed by atoms with Gasteiger partial charge in [0.25, 0.3) is 0 Å². The Balaban J connectivity index is 2.35. The summed E-state index contributed by atoms with van der Waals surface area (Å²) in [4.78, 5) is 0. The van der Waals surface area contributed by atoms with Crippen molar-refractivity contribution in [3.63, 3.8) is 0 Å². The van der Waals surface area contributed by atoms with E-state index in [9.17, 15) is 5.11 Å². The van der Waals surface area contributed by atoms with Crippen LogP contribution >= 0.6 is 0 Å². The molecule has 0 bridgehead atoms. The van der Waals surface area contributed by atoms with E-state index < -0.39 is 6.10 Å². The van der Waals surface area contributed by atoms with Crippen molar-refractivity contribution in [2.24, 2.45) is 5.73 Å². The molecular formula is C14H21NO. The standard InChI is InChI=1S/C14H21NO/c1-9(2)11-5-4-10(3)12(8-11)13(16)14(15)6-7-14/h4-5,8-9,13,16H,6-7,15H2,1-3H3. The van der Waals surface area contributed by atoms with Gasteiger partial charge < -0.3 is 10.8 Å². The first-order valence-corrected chi connectivity index (χ1v) is 6.01. The average Bonchev–Trinajstić information content (AvgIpc) is 2.97. The fourth-order valence-corrected chi connectivity index (χ4v) is 2.04. The maximum Gasteiger partial charge on any atom is 0.0972 e. The van der Waals surface area contributed by atoms with Gasteiger partial charge in [0.15, 0.2) is 0 Å². The quantitative estimate of drug-likeness (QED) is 0.821. The Morgan fingerprint density at radius 3 is 2.44 bits per heavy atom. The summed E-state index contributed by atoms with van der Waals surface area (Å²) in [5, 5.41) is 10.3. The van der Waals surface area contributed by atoms with Gasteiger partial charge in [-0.3, -0.25) is 0 Å². The van der Waals surface area contributed by atoms with Crippen LogP contribution in [-0.2, 0) is 0 Å². The highest BCUT2D eigenvalue weighted by molar-refractivity contribution is 5.36. The Kier molecular flexibility index (Phi) is 2.81. The molecule has 1 unspecified atom stereocenters. The first kappa shape index (κ1) is 11.6. The van der Waals surface area contributed by atoms with E-state index in [2.05, 4.69) is 32.0 Å². The summed E-state index contributed by atoms with van der Waals surface area (Å²) in [7, 11) is 0. The lowest BCUT2D eigenvalue weighted by atomic mass is 9.92. The van der Waals surface area contributed by atoms with Gasteiger partial charge in [0.2, 0.25) is 0 Å². The van der Waals surface area contributed by atoms with E-state index in [0.717, 1.165) is 24.0 Å². The molecule has 1 atom stereocenters. The molecule has 16 heavy (non-hydrogen) atoms. The average molecular weight is 219 g/mol. The normalized spacial score (nSPS) is 19.9. The number of aliphatic hydroxyl groups is 1. The molecule has 1 aromatic rings. The van der Waals surface area contributed by atoms with Gasteiger partial charge in [0.1, 0.15) is 0 Å². The Morgan fingerprint density at radius 2 is 1.94 bits per heavy atom. The van der Waals surface area contributed by atoms with E-state index >= 15 is 0 Å². The third kappa shape index (κ3) is 2.00. The van der Waals surface area contributed by atoms with Crippen LogP contribution in [0.1, 0.15) is 55.4 Å². The molecule has 0 radical (unpaired) electrons. The minimum absolute atomic E-state index is 0.361. The molecule has 2 heteroatoms. The van der Waals surface area contributed by atoms with Gasteiger partial charge in [-0.15, -0.1) is 0 Å². The Morgan fingerprint density at radius 1 is 1.31 bits per heavy atom. The molecule has 0 aliphatic heterocycles. The van der Waals surface area contributed by atoms with Crippen molar-refractivity contribution in [1.29, 1.82) is 0 Å². The van der Waals surface area contributed by atoms with Crippen LogP contribution in [0.15, 0.2) is 18.2 Å². The lowest BCUT2D eigenvalue weighted by Crippen LogP contribution is -2.31. The molecule has 0 aromatic heterocycles. The zero-order valence-electron chi connectivity index (χ0n) is 10.3. The number of aliphatic hydroxyl groups excluding tert-OH is 1. The van der Waals surface area contributed by atoms with Crippen LogP contribution in [0.3, 0.4) is 0 Å². The summed E-state index contributed by atoms with van der Waals surface area (Å²) in [6, 6.07) is 6.32. The van der Waals surface area contributed by atoms with E-state index in [1.165, 1.54) is 5.56 Å². The van der Waals surface area contributed by atoms with Gasteiger partial charge in [-0.1, -0.05) is 32.0 Å². The summed E-state index contributed by atoms with van der Waals surface area (Å²) in [5.41, 5.74) is 9.11. The van der Waals surface area contributed by atoms with E-state index in [1.54, 1.807) is 0 Å². The van der Waals surface area contributed by atoms with Crippen molar-refractivity contribution >= 4 is 0 Å². The topological polar surface area (TPSA) is 46.2 Å². The molecule has 1 aliphatic rings. The highest BCUT2D eigenvalue weighted by Gasteiger charge is 2.46. The van der Waals surface area contributed by atoms with Crippen LogP contribution in [0.25, 0.3) is 0 Å². The van der Waals surface area contributed by atoms with Gasteiger partial charge in [-0.05, 0) is 42.4 Å². The number of rotatable bonds is 3. The summed E-state index contributed by atoms with van der Waals surface area (Å²) in [6.45, 7) is 6.36. The Bertz CT molecular complexity index is 394. The van der Waals surface area contributed by atoms with Gasteiger partial charge in [0, 0.05) is 5.54 Å².